The largest absolute Gasteiger partial charge is 0.480 e. The molecular weight excluding hydrogens is 541 g/mol. The molecule has 1 fully saturated rings. The van der Waals surface area contributed by atoms with Crippen molar-refractivity contribution in [2.75, 3.05) is 31.2 Å². The molecular formula is C23H25BrFN5O4S. The van der Waals surface area contributed by atoms with Gasteiger partial charge in [-0.25, -0.2) is 14.2 Å². The molecule has 1 aromatic heterocycles. The first kappa shape index (κ1) is 25.4. The molecule has 0 amide bonds. The summed E-state index contributed by atoms with van der Waals surface area (Å²) in [5, 5.41) is 13.0. The van der Waals surface area contributed by atoms with Gasteiger partial charge in [0.05, 0.1) is 12.2 Å². The molecule has 2 aliphatic rings. The molecule has 2 aliphatic heterocycles. The molecule has 1 saturated heterocycles. The van der Waals surface area contributed by atoms with E-state index in [1.165, 1.54) is 12.1 Å². The van der Waals surface area contributed by atoms with Gasteiger partial charge in [0.2, 0.25) is 0 Å². The first-order valence-corrected chi connectivity index (χ1v) is 13.0. The van der Waals surface area contributed by atoms with Crippen LogP contribution in [0.2, 0.25) is 0 Å². The van der Waals surface area contributed by atoms with E-state index in [1.807, 2.05) is 11.9 Å². The molecule has 9 nitrogen and oxygen atoms in total. The van der Waals surface area contributed by atoms with Gasteiger partial charge in [-0.2, -0.15) is 11.8 Å². The van der Waals surface area contributed by atoms with Crippen LogP contribution in [0.4, 0.5) is 4.39 Å². The first-order chi connectivity index (χ1) is 16.8. The summed E-state index contributed by atoms with van der Waals surface area (Å²) in [4.78, 5) is 36.2. The Morgan fingerprint density at radius 1 is 1.40 bits per heavy atom. The number of nitrogens with zero attached hydrogens (tertiary/aromatic N) is 4. The Bertz CT molecular complexity index is 1200. The standard InChI is InChI=1S/C23H25BrFN5O4S/c1-3-34-23(33)18-16(11-30-8-9-35-12-17(30)22(31)32)27-20(21-26-6-7-29(21)2)28-19(18)14-5-4-13(25)10-15(14)24/h4-7,10,17,19H,3,8-9,11-12H2,1-2H3,(H,27,28)(H,31,32). The maximum absolute atomic E-state index is 13.9. The Morgan fingerprint density at radius 3 is 2.86 bits per heavy atom. The molecule has 35 heavy (non-hydrogen) atoms. The molecule has 0 aliphatic carbocycles. The lowest BCUT2D eigenvalue weighted by atomic mass is 9.95. The Morgan fingerprint density at radius 2 is 2.20 bits per heavy atom. The van der Waals surface area contributed by atoms with Crippen LogP contribution in [-0.4, -0.2) is 74.6 Å². The molecule has 12 heteroatoms. The Hall–Kier alpha value is -2.70. The van der Waals surface area contributed by atoms with Crippen molar-refractivity contribution in [3.8, 4) is 0 Å². The van der Waals surface area contributed by atoms with Gasteiger partial charge in [-0.3, -0.25) is 14.7 Å². The summed E-state index contributed by atoms with van der Waals surface area (Å²) in [7, 11) is 1.82. The molecule has 1 aromatic carbocycles. The Labute approximate surface area is 214 Å². The number of ether oxygens (including phenoxy) is 1. The van der Waals surface area contributed by atoms with Gasteiger partial charge < -0.3 is 19.7 Å². The summed E-state index contributed by atoms with van der Waals surface area (Å²) in [6.45, 7) is 2.58. The number of aliphatic imine (C=N–C) groups is 1. The van der Waals surface area contributed by atoms with Crippen LogP contribution in [0, 0.1) is 5.82 Å². The number of halogens is 2. The van der Waals surface area contributed by atoms with E-state index in [-0.39, 0.29) is 18.7 Å². The average Bonchev–Trinajstić information content (AvgIpc) is 3.25. The van der Waals surface area contributed by atoms with Gasteiger partial charge >= 0.3 is 11.9 Å². The van der Waals surface area contributed by atoms with E-state index in [0.717, 1.165) is 5.75 Å². The Balaban J connectivity index is 1.85. The lowest BCUT2D eigenvalue weighted by molar-refractivity contribution is -0.142. The van der Waals surface area contributed by atoms with E-state index in [9.17, 15) is 19.1 Å². The minimum Gasteiger partial charge on any atom is -0.480 e. The second kappa shape index (κ2) is 10.9. The second-order valence-electron chi connectivity index (χ2n) is 8.04. The van der Waals surface area contributed by atoms with Crippen molar-refractivity contribution < 1.29 is 23.8 Å². The van der Waals surface area contributed by atoms with Crippen molar-refractivity contribution in [1.82, 2.24) is 19.8 Å². The number of esters is 1. The fraction of sp³-hybridized carbons (Fsp3) is 0.391. The summed E-state index contributed by atoms with van der Waals surface area (Å²) in [5.74, 6) is 0.265. The van der Waals surface area contributed by atoms with E-state index in [1.54, 1.807) is 41.7 Å². The van der Waals surface area contributed by atoms with Gasteiger partial charge in [0, 0.05) is 54.2 Å². The smallest absolute Gasteiger partial charge is 0.338 e. The number of amidine groups is 1. The molecule has 3 heterocycles. The number of benzene rings is 1. The SMILES string of the molecule is CCOC(=O)C1=C(CN2CCSCC2C(=O)O)NC(c2nccn2C)=NC1c1ccc(F)cc1Br. The number of carbonyl (C=O) groups is 2. The normalized spacial score (nSPS) is 20.9. The van der Waals surface area contributed by atoms with E-state index in [4.69, 9.17) is 9.73 Å². The molecule has 2 unspecified atom stereocenters. The number of carboxylic acid groups (broad SMARTS) is 1. The molecule has 2 aromatic rings. The number of imidazole rings is 1. The number of aliphatic carboxylic acids is 1. The molecule has 186 valence electrons. The van der Waals surface area contributed by atoms with Gasteiger partial charge in [0.1, 0.15) is 17.9 Å². The molecule has 4 rings (SSSR count). The zero-order chi connectivity index (χ0) is 25.1. The minimum absolute atomic E-state index is 0.154. The number of aromatic nitrogens is 2. The zero-order valence-electron chi connectivity index (χ0n) is 19.2. The van der Waals surface area contributed by atoms with E-state index in [0.29, 0.717) is 39.7 Å². The van der Waals surface area contributed by atoms with Crippen LogP contribution in [0.5, 0.6) is 0 Å². The molecule has 0 bridgehead atoms. The van der Waals surface area contributed by atoms with Crippen molar-refractivity contribution >= 4 is 45.5 Å². The third kappa shape index (κ3) is 5.44. The summed E-state index contributed by atoms with van der Waals surface area (Å²) < 4.78 is 21.5. The molecule has 2 N–H and O–H groups in total. The highest BCUT2D eigenvalue weighted by Crippen LogP contribution is 2.37. The van der Waals surface area contributed by atoms with Crippen LogP contribution >= 0.6 is 27.7 Å². The fourth-order valence-electron chi connectivity index (χ4n) is 4.08. The van der Waals surface area contributed by atoms with E-state index < -0.39 is 29.8 Å². The lowest BCUT2D eigenvalue weighted by Gasteiger charge is -2.35. The third-order valence-corrected chi connectivity index (χ3v) is 7.51. The molecule has 2 atom stereocenters. The summed E-state index contributed by atoms with van der Waals surface area (Å²) >= 11 is 5.00. The van der Waals surface area contributed by atoms with Crippen LogP contribution in [0.1, 0.15) is 24.4 Å². The van der Waals surface area contributed by atoms with Crippen LogP contribution < -0.4 is 5.32 Å². The van der Waals surface area contributed by atoms with Gasteiger partial charge in [0.25, 0.3) is 0 Å². The van der Waals surface area contributed by atoms with E-state index >= 15 is 0 Å². The van der Waals surface area contributed by atoms with Crippen LogP contribution in [0.15, 0.2) is 51.3 Å². The summed E-state index contributed by atoms with van der Waals surface area (Å²) in [6.07, 6.45) is 3.41. The zero-order valence-corrected chi connectivity index (χ0v) is 21.6. The molecule has 0 spiro atoms. The monoisotopic (exact) mass is 565 g/mol. The predicted octanol–water partition coefficient (Wildman–Crippen LogP) is 2.73. The van der Waals surface area contributed by atoms with Crippen molar-refractivity contribution in [3.05, 3.63) is 63.5 Å². The number of hydrogen-bond donors (Lipinski definition) is 2. The Kier molecular flexibility index (Phi) is 7.92. The number of thioether (sulfide) groups is 1. The summed E-state index contributed by atoms with van der Waals surface area (Å²) in [6, 6.07) is 2.68. The van der Waals surface area contributed by atoms with Crippen molar-refractivity contribution in [2.45, 2.75) is 19.0 Å². The average molecular weight is 566 g/mol. The number of carboxylic acids is 1. The van der Waals surface area contributed by atoms with Gasteiger partial charge in [0.15, 0.2) is 11.7 Å². The van der Waals surface area contributed by atoms with E-state index in [2.05, 4.69) is 26.2 Å². The number of hydrogen-bond acceptors (Lipinski definition) is 8. The van der Waals surface area contributed by atoms with Crippen molar-refractivity contribution in [3.63, 3.8) is 0 Å². The van der Waals surface area contributed by atoms with Gasteiger partial charge in [-0.1, -0.05) is 22.0 Å². The molecule has 0 radical (unpaired) electrons. The van der Waals surface area contributed by atoms with Crippen LogP contribution in [0.3, 0.4) is 0 Å². The number of nitrogens with one attached hydrogen (secondary N) is 1. The highest BCUT2D eigenvalue weighted by molar-refractivity contribution is 9.10. The quantitative estimate of drug-likeness (QED) is 0.493. The molecule has 0 saturated carbocycles. The third-order valence-electron chi connectivity index (χ3n) is 5.80. The van der Waals surface area contributed by atoms with Crippen LogP contribution in [0.25, 0.3) is 0 Å². The fourth-order valence-corrected chi connectivity index (χ4v) is 5.76. The number of rotatable bonds is 7. The highest BCUT2D eigenvalue weighted by atomic mass is 79.9. The summed E-state index contributed by atoms with van der Waals surface area (Å²) in [5.41, 5.74) is 1.31. The number of carbonyl (C=O) groups excluding carboxylic acids is 1. The van der Waals surface area contributed by atoms with Gasteiger partial charge in [-0.05, 0) is 24.6 Å². The maximum atomic E-state index is 13.9. The van der Waals surface area contributed by atoms with Crippen LogP contribution in [-0.2, 0) is 21.4 Å². The minimum atomic E-state index is -0.915. The predicted molar refractivity (Wildman–Crippen MR) is 134 cm³/mol. The second-order valence-corrected chi connectivity index (χ2v) is 10.0. The first-order valence-electron chi connectivity index (χ1n) is 11.0. The van der Waals surface area contributed by atoms with Crippen molar-refractivity contribution in [1.29, 1.82) is 0 Å². The van der Waals surface area contributed by atoms with Gasteiger partial charge in [-0.15, -0.1) is 0 Å². The topological polar surface area (TPSA) is 109 Å². The lowest BCUT2D eigenvalue weighted by Crippen LogP contribution is -2.50. The highest BCUT2D eigenvalue weighted by Gasteiger charge is 2.37. The maximum Gasteiger partial charge on any atom is 0.338 e. The number of aryl methyl sites for hydroxylation is 1. The van der Waals surface area contributed by atoms with Crippen molar-refractivity contribution in [2.24, 2.45) is 12.0 Å².